The number of esters is 1. The Bertz CT molecular complexity index is 449. The van der Waals surface area contributed by atoms with Gasteiger partial charge in [0.25, 0.3) is 5.91 Å². The Balaban J connectivity index is 3.06. The van der Waals surface area contributed by atoms with Crippen molar-refractivity contribution in [2.45, 2.75) is 72.1 Å². The van der Waals surface area contributed by atoms with Crippen LogP contribution < -0.4 is 5.32 Å². The van der Waals surface area contributed by atoms with Gasteiger partial charge in [0, 0.05) is 0 Å². The lowest BCUT2D eigenvalue weighted by molar-refractivity contribution is -0.163. The molecule has 1 heterocycles. The summed E-state index contributed by atoms with van der Waals surface area (Å²) >= 11 is 0. The Kier molecular flexibility index (Phi) is 4.70. The highest BCUT2D eigenvalue weighted by Gasteiger charge is 2.50. The van der Waals surface area contributed by atoms with Gasteiger partial charge in [0.2, 0.25) is 0 Å². The molecular weight excluding hydrogens is 272 g/mol. The molecule has 1 aliphatic heterocycles. The molecule has 0 aromatic heterocycles. The summed E-state index contributed by atoms with van der Waals surface area (Å²) < 4.78 is 5.37. The van der Waals surface area contributed by atoms with Gasteiger partial charge < -0.3 is 10.1 Å². The van der Waals surface area contributed by atoms with Crippen LogP contribution in [0.1, 0.15) is 54.9 Å². The lowest BCUT2D eigenvalue weighted by Crippen LogP contribution is -2.49. The Morgan fingerprint density at radius 3 is 2.14 bits per heavy atom. The number of urea groups is 1. The maximum Gasteiger partial charge on any atom is 0.329 e. The topological polar surface area (TPSA) is 75.7 Å². The van der Waals surface area contributed by atoms with Crippen molar-refractivity contribution >= 4 is 17.9 Å². The summed E-state index contributed by atoms with van der Waals surface area (Å²) in [6.07, 6.45) is 0.379. The Labute approximate surface area is 126 Å². The van der Waals surface area contributed by atoms with Gasteiger partial charge in [-0.15, -0.1) is 0 Å². The number of carbonyl (C=O) groups is 3. The van der Waals surface area contributed by atoms with Gasteiger partial charge >= 0.3 is 12.0 Å². The molecule has 6 heteroatoms. The van der Waals surface area contributed by atoms with E-state index in [0.717, 1.165) is 4.90 Å². The minimum absolute atomic E-state index is 0.145. The number of imide groups is 1. The molecule has 6 nitrogen and oxygen atoms in total. The number of rotatable bonds is 4. The van der Waals surface area contributed by atoms with Gasteiger partial charge in [-0.3, -0.25) is 4.79 Å². The Morgan fingerprint density at radius 2 is 1.81 bits per heavy atom. The SMILES string of the molecule is CC(C)CC(C(=O)OC(C)(C)C)N1C(=O)NC(C)(C)C1=O. The van der Waals surface area contributed by atoms with Crippen molar-refractivity contribution in [3.05, 3.63) is 0 Å². The zero-order valence-corrected chi connectivity index (χ0v) is 13.9. The number of carbonyl (C=O) groups excluding carboxylic acids is 3. The van der Waals surface area contributed by atoms with E-state index in [1.807, 2.05) is 13.8 Å². The van der Waals surface area contributed by atoms with Crippen LogP contribution in [0.15, 0.2) is 0 Å². The van der Waals surface area contributed by atoms with Crippen LogP contribution in [0.2, 0.25) is 0 Å². The molecule has 21 heavy (non-hydrogen) atoms. The van der Waals surface area contributed by atoms with E-state index < -0.39 is 35.1 Å². The van der Waals surface area contributed by atoms with Crippen LogP contribution in [-0.4, -0.2) is 40.0 Å². The Hall–Kier alpha value is -1.59. The average Bonchev–Trinajstić information content (AvgIpc) is 2.42. The van der Waals surface area contributed by atoms with Gasteiger partial charge in [-0.25, -0.2) is 14.5 Å². The average molecular weight is 298 g/mol. The molecule has 1 saturated heterocycles. The molecule has 0 spiro atoms. The van der Waals surface area contributed by atoms with Crippen LogP contribution >= 0.6 is 0 Å². The number of nitrogens with one attached hydrogen (secondary N) is 1. The molecule has 0 saturated carbocycles. The molecule has 3 amide bonds. The molecule has 0 aliphatic carbocycles. The monoisotopic (exact) mass is 298 g/mol. The van der Waals surface area contributed by atoms with E-state index in [1.54, 1.807) is 34.6 Å². The fourth-order valence-electron chi connectivity index (χ4n) is 2.18. The van der Waals surface area contributed by atoms with Gasteiger partial charge in [0.15, 0.2) is 0 Å². The first-order chi connectivity index (χ1) is 9.35. The highest BCUT2D eigenvalue weighted by molar-refractivity contribution is 6.09. The number of ether oxygens (including phenoxy) is 1. The second kappa shape index (κ2) is 5.66. The van der Waals surface area contributed by atoms with E-state index >= 15 is 0 Å². The van der Waals surface area contributed by atoms with Crippen molar-refractivity contribution in [2.24, 2.45) is 5.92 Å². The van der Waals surface area contributed by atoms with Crippen LogP contribution in [0.3, 0.4) is 0 Å². The third-order valence-corrected chi connectivity index (χ3v) is 3.08. The molecule has 1 rings (SSSR count). The number of hydrogen-bond donors (Lipinski definition) is 1. The molecule has 0 aromatic carbocycles. The summed E-state index contributed by atoms with van der Waals surface area (Å²) in [6.45, 7) is 12.4. The molecule has 120 valence electrons. The first kappa shape index (κ1) is 17.5. The van der Waals surface area contributed by atoms with Crippen LogP contribution in [0.5, 0.6) is 0 Å². The first-order valence-corrected chi connectivity index (χ1v) is 7.24. The quantitative estimate of drug-likeness (QED) is 0.637. The fraction of sp³-hybridized carbons (Fsp3) is 0.800. The third-order valence-electron chi connectivity index (χ3n) is 3.08. The summed E-state index contributed by atoms with van der Waals surface area (Å²) in [4.78, 5) is 37.8. The maximum absolute atomic E-state index is 12.4. The second-order valence-corrected chi connectivity index (χ2v) is 7.41. The van der Waals surface area contributed by atoms with Crippen molar-refractivity contribution in [3.8, 4) is 0 Å². The predicted molar refractivity (Wildman–Crippen MR) is 78.5 cm³/mol. The van der Waals surface area contributed by atoms with E-state index in [0.29, 0.717) is 6.42 Å². The van der Waals surface area contributed by atoms with E-state index in [-0.39, 0.29) is 5.92 Å². The van der Waals surface area contributed by atoms with Crippen LogP contribution in [0.4, 0.5) is 4.79 Å². The lowest BCUT2D eigenvalue weighted by atomic mass is 10.0. The molecule has 1 fully saturated rings. The van der Waals surface area contributed by atoms with E-state index in [2.05, 4.69) is 5.32 Å². The number of nitrogens with zero attached hydrogens (tertiary/aromatic N) is 1. The van der Waals surface area contributed by atoms with Crippen molar-refractivity contribution in [2.75, 3.05) is 0 Å². The third kappa shape index (κ3) is 4.19. The summed E-state index contributed by atoms with van der Waals surface area (Å²) in [5.41, 5.74) is -1.66. The van der Waals surface area contributed by atoms with Crippen molar-refractivity contribution in [1.82, 2.24) is 10.2 Å². The minimum atomic E-state index is -0.992. The van der Waals surface area contributed by atoms with Gasteiger partial charge in [-0.05, 0) is 47.0 Å². The normalized spacial score (nSPS) is 19.7. The molecule has 0 aromatic rings. The highest BCUT2D eigenvalue weighted by Crippen LogP contribution is 2.24. The summed E-state index contributed by atoms with van der Waals surface area (Å²) in [7, 11) is 0. The molecule has 1 atom stereocenters. The maximum atomic E-state index is 12.4. The zero-order chi connectivity index (χ0) is 16.6. The summed E-state index contributed by atoms with van der Waals surface area (Å²) in [6, 6.07) is -1.43. The van der Waals surface area contributed by atoms with E-state index in [9.17, 15) is 14.4 Å². The van der Waals surface area contributed by atoms with Gasteiger partial charge in [0.1, 0.15) is 17.2 Å². The number of amides is 3. The molecule has 1 N–H and O–H groups in total. The van der Waals surface area contributed by atoms with Crippen LogP contribution in [0.25, 0.3) is 0 Å². The molecule has 0 bridgehead atoms. The summed E-state index contributed by atoms with van der Waals surface area (Å²) in [5, 5.41) is 2.59. The van der Waals surface area contributed by atoms with E-state index in [1.165, 1.54) is 0 Å². The molecule has 0 radical (unpaired) electrons. The number of hydrogen-bond acceptors (Lipinski definition) is 4. The van der Waals surface area contributed by atoms with Gasteiger partial charge in [-0.2, -0.15) is 0 Å². The molecule has 1 aliphatic rings. The highest BCUT2D eigenvalue weighted by atomic mass is 16.6. The van der Waals surface area contributed by atoms with Crippen molar-refractivity contribution in [3.63, 3.8) is 0 Å². The fourth-order valence-corrected chi connectivity index (χ4v) is 2.18. The molecule has 1 unspecified atom stereocenters. The lowest BCUT2D eigenvalue weighted by Gasteiger charge is -2.29. The van der Waals surface area contributed by atoms with Gasteiger partial charge in [0.05, 0.1) is 0 Å². The van der Waals surface area contributed by atoms with Crippen molar-refractivity contribution in [1.29, 1.82) is 0 Å². The predicted octanol–water partition coefficient (Wildman–Crippen LogP) is 2.07. The minimum Gasteiger partial charge on any atom is -0.458 e. The van der Waals surface area contributed by atoms with Crippen molar-refractivity contribution < 1.29 is 19.1 Å². The summed E-state index contributed by atoms with van der Waals surface area (Å²) in [5.74, 6) is -0.798. The van der Waals surface area contributed by atoms with Crippen LogP contribution in [-0.2, 0) is 14.3 Å². The standard InChI is InChI=1S/C15H26N2O4/c1-9(2)8-10(11(18)21-14(3,4)5)17-12(19)15(6,7)16-13(17)20/h9-10H,8H2,1-7H3,(H,16,20). The van der Waals surface area contributed by atoms with Crippen LogP contribution in [0, 0.1) is 5.92 Å². The van der Waals surface area contributed by atoms with E-state index in [4.69, 9.17) is 4.74 Å². The van der Waals surface area contributed by atoms with Gasteiger partial charge in [-0.1, -0.05) is 13.8 Å². The second-order valence-electron chi connectivity index (χ2n) is 7.41. The molecular formula is C15H26N2O4. The largest absolute Gasteiger partial charge is 0.458 e. The Morgan fingerprint density at radius 1 is 1.29 bits per heavy atom. The first-order valence-electron chi connectivity index (χ1n) is 7.24. The zero-order valence-electron chi connectivity index (χ0n) is 13.9. The smallest absolute Gasteiger partial charge is 0.329 e.